The topological polar surface area (TPSA) is 104 Å². The van der Waals surface area contributed by atoms with Crippen LogP contribution in [0.2, 0.25) is 0 Å². The molecule has 96 valence electrons. The van der Waals surface area contributed by atoms with Crippen LogP contribution in [-0.4, -0.2) is 20.8 Å². The van der Waals surface area contributed by atoms with Crippen molar-refractivity contribution in [3.63, 3.8) is 0 Å². The summed E-state index contributed by atoms with van der Waals surface area (Å²) < 4.78 is 3.24. The van der Waals surface area contributed by atoms with E-state index in [2.05, 4.69) is 10.2 Å². The summed E-state index contributed by atoms with van der Waals surface area (Å²) >= 11 is 0. The zero-order valence-electron chi connectivity index (χ0n) is 10.6. The van der Waals surface area contributed by atoms with Gasteiger partial charge in [-0.05, 0) is 18.6 Å². The zero-order valence-corrected chi connectivity index (χ0v) is 10.6. The fourth-order valence-corrected chi connectivity index (χ4v) is 2.02. The third-order valence-corrected chi connectivity index (χ3v) is 3.07. The van der Waals surface area contributed by atoms with Gasteiger partial charge < -0.3 is 11.5 Å². The lowest BCUT2D eigenvalue weighted by atomic mass is 9.99. The van der Waals surface area contributed by atoms with Crippen molar-refractivity contribution >= 4 is 17.7 Å². The summed E-state index contributed by atoms with van der Waals surface area (Å²) in [6.45, 7) is 1.92. The molecule has 4 N–H and O–H groups in total. The number of hydrogen-bond donors (Lipinski definition) is 2. The minimum atomic E-state index is -0.0805. The molecule has 0 aliphatic heterocycles. The highest BCUT2D eigenvalue weighted by atomic mass is 16.1. The molecule has 1 aliphatic carbocycles. The summed E-state index contributed by atoms with van der Waals surface area (Å²) in [4.78, 5) is 11.8. The standard InChI is InChI=1S/C11H16N6O/c1-6-4-8-9(17(3)11(18)16(8)2)5-7(6)14-15-10(12)13/h4H,5H2,1-3H3,(H4,12,13,15). The number of aromatic nitrogens is 2. The normalized spacial score (nSPS) is 16.4. The monoisotopic (exact) mass is 248 g/mol. The summed E-state index contributed by atoms with van der Waals surface area (Å²) in [6, 6.07) is 0. The predicted octanol–water partition coefficient (Wildman–Crippen LogP) is -0.687. The molecule has 1 aromatic rings. The molecule has 7 heteroatoms. The van der Waals surface area contributed by atoms with Crippen LogP contribution in [-0.2, 0) is 20.5 Å². The van der Waals surface area contributed by atoms with Crippen molar-refractivity contribution in [2.75, 3.05) is 0 Å². The molecular formula is C11H16N6O. The van der Waals surface area contributed by atoms with Crippen molar-refractivity contribution in [1.82, 2.24) is 9.13 Å². The van der Waals surface area contributed by atoms with Crippen LogP contribution in [0.4, 0.5) is 0 Å². The fraction of sp³-hybridized carbons (Fsp3) is 0.364. The number of guanidine groups is 1. The first kappa shape index (κ1) is 12.2. The van der Waals surface area contributed by atoms with Gasteiger partial charge in [-0.25, -0.2) is 4.79 Å². The molecule has 0 saturated heterocycles. The molecule has 0 atom stereocenters. The van der Waals surface area contributed by atoms with E-state index in [0.717, 1.165) is 22.7 Å². The highest BCUT2D eigenvalue weighted by Crippen LogP contribution is 2.20. The minimum absolute atomic E-state index is 0.0489. The predicted molar refractivity (Wildman–Crippen MR) is 71.3 cm³/mol. The molecule has 0 unspecified atom stereocenters. The van der Waals surface area contributed by atoms with Crippen molar-refractivity contribution in [2.24, 2.45) is 35.8 Å². The number of nitrogens with zero attached hydrogens (tertiary/aromatic N) is 4. The van der Waals surface area contributed by atoms with Crippen LogP contribution in [0.15, 0.2) is 20.6 Å². The van der Waals surface area contributed by atoms with Gasteiger partial charge in [-0.15, -0.1) is 5.10 Å². The molecular weight excluding hydrogens is 232 g/mol. The lowest BCUT2D eigenvalue weighted by Crippen LogP contribution is -2.22. The van der Waals surface area contributed by atoms with Gasteiger partial charge in [-0.1, -0.05) is 0 Å². The first-order valence-corrected chi connectivity index (χ1v) is 5.50. The van der Waals surface area contributed by atoms with Crippen LogP contribution < -0.4 is 17.2 Å². The second-order valence-electron chi connectivity index (χ2n) is 4.31. The molecule has 0 radical (unpaired) electrons. The summed E-state index contributed by atoms with van der Waals surface area (Å²) in [7, 11) is 3.50. The van der Waals surface area contributed by atoms with E-state index in [1.807, 2.05) is 13.0 Å². The Morgan fingerprint density at radius 1 is 1.33 bits per heavy atom. The smallest absolute Gasteiger partial charge is 0.328 e. The first-order valence-electron chi connectivity index (χ1n) is 5.50. The van der Waals surface area contributed by atoms with Crippen molar-refractivity contribution in [3.8, 4) is 0 Å². The molecule has 0 bridgehead atoms. The van der Waals surface area contributed by atoms with Crippen molar-refractivity contribution in [1.29, 1.82) is 0 Å². The molecule has 1 heterocycles. The SMILES string of the molecule is CC1=Cc2c(n(C)c(=O)n2C)CC1=NN=C(N)N. The van der Waals surface area contributed by atoms with E-state index in [1.165, 1.54) is 0 Å². The van der Waals surface area contributed by atoms with Crippen molar-refractivity contribution in [3.05, 3.63) is 27.4 Å². The van der Waals surface area contributed by atoms with Gasteiger partial charge in [0.2, 0.25) is 5.96 Å². The molecule has 0 saturated carbocycles. The van der Waals surface area contributed by atoms with Gasteiger partial charge in [-0.2, -0.15) is 5.10 Å². The van der Waals surface area contributed by atoms with Gasteiger partial charge in [0.15, 0.2) is 0 Å². The third-order valence-electron chi connectivity index (χ3n) is 3.07. The van der Waals surface area contributed by atoms with Crippen LogP contribution in [0.5, 0.6) is 0 Å². The second-order valence-corrected chi connectivity index (χ2v) is 4.31. The second kappa shape index (κ2) is 4.17. The maximum absolute atomic E-state index is 11.8. The van der Waals surface area contributed by atoms with Crippen LogP contribution in [0.3, 0.4) is 0 Å². The van der Waals surface area contributed by atoms with Crippen molar-refractivity contribution in [2.45, 2.75) is 13.3 Å². The van der Waals surface area contributed by atoms with E-state index in [9.17, 15) is 4.79 Å². The van der Waals surface area contributed by atoms with Gasteiger partial charge in [0.05, 0.1) is 17.1 Å². The number of nitrogens with two attached hydrogens (primary N) is 2. The molecule has 18 heavy (non-hydrogen) atoms. The maximum atomic E-state index is 11.8. The Morgan fingerprint density at radius 2 is 2.00 bits per heavy atom. The van der Waals surface area contributed by atoms with Gasteiger partial charge in [0.25, 0.3) is 0 Å². The van der Waals surface area contributed by atoms with Gasteiger partial charge in [0.1, 0.15) is 0 Å². The highest BCUT2D eigenvalue weighted by Gasteiger charge is 2.21. The average Bonchev–Trinajstić information content (AvgIpc) is 2.52. The van der Waals surface area contributed by atoms with E-state index in [1.54, 1.807) is 23.2 Å². The number of hydrogen-bond acceptors (Lipinski definition) is 3. The molecule has 2 rings (SSSR count). The summed E-state index contributed by atoms with van der Waals surface area (Å²) in [6.07, 6.45) is 2.46. The Hall–Kier alpha value is -2.31. The van der Waals surface area contributed by atoms with Gasteiger partial charge in [0, 0.05) is 20.5 Å². The van der Waals surface area contributed by atoms with Gasteiger partial charge >= 0.3 is 5.69 Å². The van der Waals surface area contributed by atoms with Crippen LogP contribution in [0, 0.1) is 0 Å². The van der Waals surface area contributed by atoms with Crippen LogP contribution in [0.25, 0.3) is 6.08 Å². The fourth-order valence-electron chi connectivity index (χ4n) is 2.02. The number of imidazole rings is 1. The number of rotatable bonds is 1. The molecule has 7 nitrogen and oxygen atoms in total. The summed E-state index contributed by atoms with van der Waals surface area (Å²) in [5.74, 6) is -0.0805. The Morgan fingerprint density at radius 3 is 2.61 bits per heavy atom. The lowest BCUT2D eigenvalue weighted by molar-refractivity contribution is 0.761. The third kappa shape index (κ3) is 1.83. The highest BCUT2D eigenvalue weighted by molar-refractivity contribution is 6.06. The van der Waals surface area contributed by atoms with Crippen LogP contribution >= 0.6 is 0 Å². The molecule has 0 spiro atoms. The molecule has 0 fully saturated rings. The van der Waals surface area contributed by atoms with E-state index >= 15 is 0 Å². The lowest BCUT2D eigenvalue weighted by Gasteiger charge is -2.13. The largest absolute Gasteiger partial charge is 0.369 e. The summed E-state index contributed by atoms with van der Waals surface area (Å²) in [5, 5.41) is 7.66. The minimum Gasteiger partial charge on any atom is -0.369 e. The quantitative estimate of drug-likeness (QED) is 0.390. The summed E-state index contributed by atoms with van der Waals surface area (Å²) in [5.41, 5.74) is 14.0. The number of allylic oxidation sites excluding steroid dienone is 1. The Kier molecular flexibility index (Phi) is 2.82. The average molecular weight is 248 g/mol. The van der Waals surface area contributed by atoms with Gasteiger partial charge in [-0.3, -0.25) is 9.13 Å². The molecule has 1 aromatic heterocycles. The molecule has 1 aliphatic rings. The van der Waals surface area contributed by atoms with E-state index < -0.39 is 0 Å². The van der Waals surface area contributed by atoms with E-state index in [4.69, 9.17) is 11.5 Å². The Labute approximate surface area is 104 Å². The van der Waals surface area contributed by atoms with Crippen LogP contribution in [0.1, 0.15) is 18.3 Å². The Balaban J connectivity index is 2.54. The van der Waals surface area contributed by atoms with E-state index in [-0.39, 0.29) is 11.6 Å². The molecule has 0 amide bonds. The zero-order chi connectivity index (χ0) is 13.4. The molecule has 0 aromatic carbocycles. The Bertz CT molecular complexity index is 639. The van der Waals surface area contributed by atoms with E-state index in [0.29, 0.717) is 6.42 Å². The van der Waals surface area contributed by atoms with Crippen molar-refractivity contribution < 1.29 is 0 Å². The first-order chi connectivity index (χ1) is 8.41. The maximum Gasteiger partial charge on any atom is 0.328 e. The number of fused-ring (bicyclic) bond motifs is 1.